The van der Waals surface area contributed by atoms with E-state index >= 15 is 0 Å². The Morgan fingerprint density at radius 3 is 2.40 bits per heavy atom. The van der Waals surface area contributed by atoms with Crippen molar-refractivity contribution in [2.45, 2.75) is 32.6 Å². The zero-order chi connectivity index (χ0) is 14.5. The highest BCUT2D eigenvalue weighted by Crippen LogP contribution is 2.28. The van der Waals surface area contributed by atoms with Gasteiger partial charge in [0.15, 0.2) is 6.61 Å². The minimum atomic E-state index is -0.369. The van der Waals surface area contributed by atoms with Crippen LogP contribution in [0.4, 0.5) is 0 Å². The molecule has 1 saturated carbocycles. The summed E-state index contributed by atoms with van der Waals surface area (Å²) < 4.78 is 5.35. The molecule has 2 rings (SSSR count). The summed E-state index contributed by atoms with van der Waals surface area (Å²) in [6, 6.07) is 7.64. The molecule has 2 amide bonds. The first-order chi connectivity index (χ1) is 9.56. The molecule has 0 aromatic heterocycles. The maximum absolute atomic E-state index is 11.5. The van der Waals surface area contributed by atoms with E-state index in [-0.39, 0.29) is 24.3 Å². The molecular formula is C15H20N2O3. The van der Waals surface area contributed by atoms with Crippen molar-refractivity contribution in [1.82, 2.24) is 10.9 Å². The summed E-state index contributed by atoms with van der Waals surface area (Å²) in [5.74, 6) is 0.675. The quantitative estimate of drug-likeness (QED) is 0.805. The average Bonchev–Trinajstić information content (AvgIpc) is 3.27. The fourth-order valence-corrected chi connectivity index (χ4v) is 1.71. The molecule has 2 N–H and O–H groups in total. The van der Waals surface area contributed by atoms with Crippen molar-refractivity contribution in [3.05, 3.63) is 29.8 Å². The van der Waals surface area contributed by atoms with Crippen LogP contribution in [0.5, 0.6) is 5.75 Å². The van der Waals surface area contributed by atoms with Crippen molar-refractivity contribution in [3.8, 4) is 5.75 Å². The third-order valence-corrected chi connectivity index (χ3v) is 3.19. The predicted molar refractivity (Wildman–Crippen MR) is 75.0 cm³/mol. The number of amides is 2. The summed E-state index contributed by atoms with van der Waals surface area (Å²) >= 11 is 0. The van der Waals surface area contributed by atoms with Gasteiger partial charge < -0.3 is 4.74 Å². The zero-order valence-electron chi connectivity index (χ0n) is 11.8. The van der Waals surface area contributed by atoms with E-state index in [1.54, 1.807) is 0 Å². The van der Waals surface area contributed by atoms with Crippen LogP contribution in [0.1, 0.15) is 38.2 Å². The highest BCUT2D eigenvalue weighted by atomic mass is 16.5. The molecule has 108 valence electrons. The van der Waals surface area contributed by atoms with Crippen molar-refractivity contribution in [2.75, 3.05) is 6.61 Å². The number of rotatable bonds is 5. The van der Waals surface area contributed by atoms with E-state index in [9.17, 15) is 9.59 Å². The number of hydrazine groups is 1. The Morgan fingerprint density at radius 2 is 1.85 bits per heavy atom. The summed E-state index contributed by atoms with van der Waals surface area (Å²) in [4.78, 5) is 22.8. The van der Waals surface area contributed by atoms with Crippen LogP contribution in [-0.2, 0) is 9.59 Å². The molecule has 0 heterocycles. The smallest absolute Gasteiger partial charge is 0.276 e. The number of carbonyl (C=O) groups is 2. The van der Waals surface area contributed by atoms with Gasteiger partial charge in [-0.25, -0.2) is 0 Å². The normalized spacial score (nSPS) is 13.9. The lowest BCUT2D eigenvalue weighted by atomic mass is 10.0. The first kappa shape index (κ1) is 14.4. The Labute approximate surface area is 118 Å². The SMILES string of the molecule is CC(C)c1ccc(OCC(=O)NNC(=O)C2CC2)cc1. The van der Waals surface area contributed by atoms with Gasteiger partial charge in [0.2, 0.25) is 5.91 Å². The van der Waals surface area contributed by atoms with E-state index < -0.39 is 0 Å². The molecule has 1 aromatic carbocycles. The molecule has 20 heavy (non-hydrogen) atoms. The molecule has 0 bridgehead atoms. The summed E-state index contributed by atoms with van der Waals surface area (Å²) in [5, 5.41) is 0. The van der Waals surface area contributed by atoms with Crippen molar-refractivity contribution in [2.24, 2.45) is 5.92 Å². The molecule has 1 aliphatic rings. The number of hydrogen-bond donors (Lipinski definition) is 2. The first-order valence-electron chi connectivity index (χ1n) is 6.87. The van der Waals surface area contributed by atoms with Gasteiger partial charge in [0.25, 0.3) is 5.91 Å². The van der Waals surface area contributed by atoms with Crippen molar-refractivity contribution < 1.29 is 14.3 Å². The summed E-state index contributed by atoms with van der Waals surface area (Å²) in [5.41, 5.74) is 5.95. The van der Waals surface area contributed by atoms with E-state index in [2.05, 4.69) is 24.7 Å². The molecular weight excluding hydrogens is 256 g/mol. The standard InChI is InChI=1S/C15H20N2O3/c1-10(2)11-5-7-13(8-6-11)20-9-14(18)16-17-15(19)12-3-4-12/h5-8,10,12H,3-4,9H2,1-2H3,(H,16,18)(H,17,19). The van der Waals surface area contributed by atoms with Crippen LogP contribution >= 0.6 is 0 Å². The number of nitrogens with one attached hydrogen (secondary N) is 2. The Kier molecular flexibility index (Phi) is 4.61. The average molecular weight is 276 g/mol. The van der Waals surface area contributed by atoms with Crippen LogP contribution in [0.3, 0.4) is 0 Å². The second kappa shape index (κ2) is 6.41. The number of carbonyl (C=O) groups excluding carboxylic acids is 2. The largest absolute Gasteiger partial charge is 0.484 e. The van der Waals surface area contributed by atoms with Gasteiger partial charge in [-0.2, -0.15) is 0 Å². The second-order valence-electron chi connectivity index (χ2n) is 5.32. The van der Waals surface area contributed by atoms with E-state index in [1.165, 1.54) is 5.56 Å². The first-order valence-corrected chi connectivity index (χ1v) is 6.87. The lowest BCUT2D eigenvalue weighted by molar-refractivity contribution is -0.130. The summed E-state index contributed by atoms with van der Waals surface area (Å²) in [6.07, 6.45) is 1.81. The highest BCUT2D eigenvalue weighted by molar-refractivity contribution is 5.85. The van der Waals surface area contributed by atoms with Gasteiger partial charge in [0, 0.05) is 5.92 Å². The van der Waals surface area contributed by atoms with Crippen molar-refractivity contribution in [3.63, 3.8) is 0 Å². The fourth-order valence-electron chi connectivity index (χ4n) is 1.71. The monoisotopic (exact) mass is 276 g/mol. The van der Waals surface area contributed by atoms with Crippen LogP contribution in [0.25, 0.3) is 0 Å². The topological polar surface area (TPSA) is 67.4 Å². The van der Waals surface area contributed by atoms with Crippen LogP contribution in [0, 0.1) is 5.92 Å². The van der Waals surface area contributed by atoms with Gasteiger partial charge in [0.1, 0.15) is 5.75 Å². The molecule has 0 unspecified atom stereocenters. The Balaban J connectivity index is 1.70. The van der Waals surface area contributed by atoms with Gasteiger partial charge in [-0.3, -0.25) is 20.4 Å². The third kappa shape index (κ3) is 4.26. The fraction of sp³-hybridized carbons (Fsp3) is 0.467. The predicted octanol–water partition coefficient (Wildman–Crippen LogP) is 1.75. The number of benzene rings is 1. The van der Waals surface area contributed by atoms with Gasteiger partial charge in [-0.05, 0) is 36.5 Å². The Bertz CT molecular complexity index is 478. The molecule has 5 nitrogen and oxygen atoms in total. The van der Waals surface area contributed by atoms with Gasteiger partial charge >= 0.3 is 0 Å². The number of ether oxygens (including phenoxy) is 1. The minimum absolute atomic E-state index is 0.0693. The van der Waals surface area contributed by atoms with Crippen LogP contribution in [0.15, 0.2) is 24.3 Å². The Morgan fingerprint density at radius 1 is 1.20 bits per heavy atom. The molecule has 0 saturated heterocycles. The van der Waals surface area contributed by atoms with E-state index in [1.807, 2.05) is 24.3 Å². The maximum atomic E-state index is 11.5. The molecule has 1 aromatic rings. The van der Waals surface area contributed by atoms with Crippen molar-refractivity contribution in [1.29, 1.82) is 0 Å². The molecule has 1 fully saturated rings. The lowest BCUT2D eigenvalue weighted by Crippen LogP contribution is -2.44. The minimum Gasteiger partial charge on any atom is -0.484 e. The molecule has 1 aliphatic carbocycles. The number of hydrogen-bond acceptors (Lipinski definition) is 3. The van der Waals surface area contributed by atoms with E-state index in [0.29, 0.717) is 11.7 Å². The summed E-state index contributed by atoms with van der Waals surface area (Å²) in [6.45, 7) is 4.11. The van der Waals surface area contributed by atoms with Crippen LogP contribution in [-0.4, -0.2) is 18.4 Å². The molecule has 0 aliphatic heterocycles. The summed E-state index contributed by atoms with van der Waals surface area (Å²) in [7, 11) is 0. The molecule has 0 radical (unpaired) electrons. The second-order valence-corrected chi connectivity index (χ2v) is 5.32. The molecule has 5 heteroatoms. The third-order valence-electron chi connectivity index (χ3n) is 3.19. The van der Waals surface area contributed by atoms with E-state index in [4.69, 9.17) is 4.74 Å². The Hall–Kier alpha value is -2.04. The zero-order valence-corrected chi connectivity index (χ0v) is 11.8. The molecule has 0 atom stereocenters. The van der Waals surface area contributed by atoms with E-state index in [0.717, 1.165) is 12.8 Å². The van der Waals surface area contributed by atoms with Crippen LogP contribution < -0.4 is 15.6 Å². The van der Waals surface area contributed by atoms with Gasteiger partial charge in [-0.1, -0.05) is 26.0 Å². The molecule has 0 spiro atoms. The lowest BCUT2D eigenvalue weighted by Gasteiger charge is -2.10. The van der Waals surface area contributed by atoms with Crippen molar-refractivity contribution >= 4 is 11.8 Å². The van der Waals surface area contributed by atoms with Gasteiger partial charge in [-0.15, -0.1) is 0 Å². The highest BCUT2D eigenvalue weighted by Gasteiger charge is 2.29. The van der Waals surface area contributed by atoms with Crippen LogP contribution in [0.2, 0.25) is 0 Å². The maximum Gasteiger partial charge on any atom is 0.276 e. The van der Waals surface area contributed by atoms with Gasteiger partial charge in [0.05, 0.1) is 0 Å².